The fourth-order valence-electron chi connectivity index (χ4n) is 2.41. The molecule has 0 aliphatic carbocycles. The van der Waals surface area contributed by atoms with Gasteiger partial charge in [-0.1, -0.05) is 42.5 Å². The maximum absolute atomic E-state index is 5.84. The zero-order valence-electron chi connectivity index (χ0n) is 11.0. The van der Waals surface area contributed by atoms with Crippen molar-refractivity contribution in [2.45, 2.75) is 19.4 Å². The minimum atomic E-state index is 0.214. The lowest BCUT2D eigenvalue weighted by molar-refractivity contribution is 0.738. The predicted molar refractivity (Wildman–Crippen MR) is 84.6 cm³/mol. The van der Waals surface area contributed by atoms with Crippen molar-refractivity contribution in [1.82, 2.24) is 0 Å². The molecule has 3 aromatic rings. The van der Waals surface area contributed by atoms with Gasteiger partial charge in [-0.15, -0.1) is 11.3 Å². The van der Waals surface area contributed by atoms with E-state index in [0.29, 0.717) is 0 Å². The normalized spacial score (nSPS) is 12.7. The van der Waals surface area contributed by atoms with Crippen molar-refractivity contribution in [2.24, 2.45) is 5.73 Å². The molecule has 2 N–H and O–H groups in total. The predicted octanol–water partition coefficient (Wildman–Crippen LogP) is 4.46. The van der Waals surface area contributed by atoms with Gasteiger partial charge in [0.05, 0.1) is 0 Å². The number of fused-ring (bicyclic) bond motifs is 1. The minimum absolute atomic E-state index is 0.214. The summed E-state index contributed by atoms with van der Waals surface area (Å²) in [5, 5.41) is 3.47. The van der Waals surface area contributed by atoms with Gasteiger partial charge in [0.15, 0.2) is 0 Å². The first kappa shape index (κ1) is 12.4. The van der Waals surface area contributed by atoms with Crippen molar-refractivity contribution >= 4 is 21.4 Å². The van der Waals surface area contributed by atoms with E-state index in [1.807, 2.05) is 6.92 Å². The Bertz CT molecular complexity index is 680. The Balaban J connectivity index is 2.00. The third-order valence-corrected chi connectivity index (χ3v) is 4.27. The van der Waals surface area contributed by atoms with Crippen LogP contribution in [-0.2, 0) is 6.42 Å². The van der Waals surface area contributed by atoms with Crippen LogP contribution in [0.4, 0.5) is 0 Å². The number of thiophene rings is 1. The van der Waals surface area contributed by atoms with Crippen LogP contribution >= 0.6 is 11.3 Å². The molecule has 2 heteroatoms. The average Bonchev–Trinajstić information content (AvgIpc) is 2.87. The highest BCUT2D eigenvalue weighted by atomic mass is 32.1. The Morgan fingerprint density at radius 2 is 1.84 bits per heavy atom. The molecule has 0 aliphatic heterocycles. The van der Waals surface area contributed by atoms with E-state index in [0.717, 1.165) is 6.42 Å². The van der Waals surface area contributed by atoms with Gasteiger partial charge in [-0.2, -0.15) is 0 Å². The lowest BCUT2D eigenvalue weighted by Gasteiger charge is -2.07. The summed E-state index contributed by atoms with van der Waals surface area (Å²) in [5.41, 5.74) is 9.74. The molecule has 1 nitrogen and oxygen atoms in total. The molecular formula is C17H17NS. The van der Waals surface area contributed by atoms with Gasteiger partial charge in [-0.05, 0) is 46.9 Å². The van der Waals surface area contributed by atoms with Crippen LogP contribution in [0.15, 0.2) is 53.9 Å². The Hall–Kier alpha value is -1.64. The number of nitrogens with two attached hydrogens (primary N) is 1. The van der Waals surface area contributed by atoms with Crippen LogP contribution in [0.25, 0.3) is 21.2 Å². The van der Waals surface area contributed by atoms with E-state index >= 15 is 0 Å². The maximum Gasteiger partial charge on any atom is 0.0421 e. The summed E-state index contributed by atoms with van der Waals surface area (Å²) >= 11 is 1.80. The number of hydrogen-bond donors (Lipinski definition) is 1. The van der Waals surface area contributed by atoms with Gasteiger partial charge in [0.1, 0.15) is 0 Å². The highest BCUT2D eigenvalue weighted by Crippen LogP contribution is 2.32. The average molecular weight is 267 g/mol. The van der Waals surface area contributed by atoms with Gasteiger partial charge in [0.2, 0.25) is 0 Å². The van der Waals surface area contributed by atoms with E-state index in [1.165, 1.54) is 26.8 Å². The molecule has 3 rings (SSSR count). The van der Waals surface area contributed by atoms with Gasteiger partial charge in [-0.25, -0.2) is 0 Å². The van der Waals surface area contributed by atoms with Crippen LogP contribution in [0.5, 0.6) is 0 Å². The largest absolute Gasteiger partial charge is 0.328 e. The summed E-state index contributed by atoms with van der Waals surface area (Å²) in [6.45, 7) is 2.04. The van der Waals surface area contributed by atoms with Gasteiger partial charge in [0, 0.05) is 10.7 Å². The van der Waals surface area contributed by atoms with Crippen molar-refractivity contribution in [2.75, 3.05) is 0 Å². The quantitative estimate of drug-likeness (QED) is 0.745. The van der Waals surface area contributed by atoms with Crippen molar-refractivity contribution in [3.05, 3.63) is 59.5 Å². The van der Waals surface area contributed by atoms with E-state index < -0.39 is 0 Å². The number of benzene rings is 2. The molecule has 0 saturated carbocycles. The van der Waals surface area contributed by atoms with Crippen LogP contribution in [-0.4, -0.2) is 6.04 Å². The Morgan fingerprint density at radius 3 is 2.58 bits per heavy atom. The van der Waals surface area contributed by atoms with Crippen molar-refractivity contribution < 1.29 is 0 Å². The van der Waals surface area contributed by atoms with Crippen LogP contribution in [0.1, 0.15) is 12.5 Å². The molecule has 0 amide bonds. The van der Waals surface area contributed by atoms with Gasteiger partial charge in [0.25, 0.3) is 0 Å². The molecule has 1 aromatic heterocycles. The second kappa shape index (κ2) is 5.16. The topological polar surface area (TPSA) is 26.0 Å². The molecule has 0 bridgehead atoms. The first-order valence-corrected chi connectivity index (χ1v) is 7.43. The summed E-state index contributed by atoms with van der Waals surface area (Å²) in [5.74, 6) is 0. The Kier molecular flexibility index (Phi) is 3.36. The Labute approximate surface area is 117 Å². The van der Waals surface area contributed by atoms with E-state index in [2.05, 4.69) is 53.9 Å². The molecule has 0 radical (unpaired) electrons. The molecule has 0 saturated heterocycles. The fraction of sp³-hybridized carbons (Fsp3) is 0.176. The molecule has 96 valence electrons. The Morgan fingerprint density at radius 1 is 1.05 bits per heavy atom. The van der Waals surface area contributed by atoms with Crippen molar-refractivity contribution in [1.29, 1.82) is 0 Å². The van der Waals surface area contributed by atoms with E-state index in [-0.39, 0.29) is 6.04 Å². The number of hydrogen-bond acceptors (Lipinski definition) is 2. The SMILES string of the molecule is CC(N)Cc1ccc(-c2cccc3ccsc23)cc1. The van der Waals surface area contributed by atoms with E-state index in [9.17, 15) is 0 Å². The second-order valence-corrected chi connectivity index (χ2v) is 5.94. The summed E-state index contributed by atoms with van der Waals surface area (Å²) in [4.78, 5) is 0. The highest BCUT2D eigenvalue weighted by molar-refractivity contribution is 7.17. The summed E-state index contributed by atoms with van der Waals surface area (Å²) < 4.78 is 1.36. The van der Waals surface area contributed by atoms with Gasteiger partial charge in [-0.3, -0.25) is 0 Å². The van der Waals surface area contributed by atoms with Gasteiger partial charge < -0.3 is 5.73 Å². The molecule has 2 aromatic carbocycles. The standard InChI is InChI=1S/C17H17NS/c1-12(18)11-13-5-7-14(8-6-13)16-4-2-3-15-9-10-19-17(15)16/h2-10,12H,11,18H2,1H3. The molecular weight excluding hydrogens is 250 g/mol. The smallest absolute Gasteiger partial charge is 0.0421 e. The third-order valence-electron chi connectivity index (χ3n) is 3.30. The minimum Gasteiger partial charge on any atom is -0.328 e. The van der Waals surface area contributed by atoms with E-state index in [1.54, 1.807) is 11.3 Å². The molecule has 1 heterocycles. The number of rotatable bonds is 3. The van der Waals surface area contributed by atoms with Crippen LogP contribution in [0, 0.1) is 0 Å². The zero-order chi connectivity index (χ0) is 13.2. The van der Waals surface area contributed by atoms with Crippen molar-refractivity contribution in [3.8, 4) is 11.1 Å². The second-order valence-electron chi connectivity index (χ2n) is 5.02. The highest BCUT2D eigenvalue weighted by Gasteiger charge is 2.05. The zero-order valence-corrected chi connectivity index (χ0v) is 11.8. The molecule has 19 heavy (non-hydrogen) atoms. The lowest BCUT2D eigenvalue weighted by Crippen LogP contribution is -2.17. The maximum atomic E-state index is 5.84. The van der Waals surface area contributed by atoms with Gasteiger partial charge >= 0.3 is 0 Å². The van der Waals surface area contributed by atoms with Crippen LogP contribution in [0.2, 0.25) is 0 Å². The van der Waals surface area contributed by atoms with Crippen molar-refractivity contribution in [3.63, 3.8) is 0 Å². The monoisotopic (exact) mass is 267 g/mol. The summed E-state index contributed by atoms with van der Waals surface area (Å²) in [6, 6.07) is 17.6. The summed E-state index contributed by atoms with van der Waals surface area (Å²) in [6.07, 6.45) is 0.934. The van der Waals surface area contributed by atoms with Crippen LogP contribution in [0.3, 0.4) is 0 Å². The first-order chi connectivity index (χ1) is 9.24. The van der Waals surface area contributed by atoms with E-state index in [4.69, 9.17) is 5.73 Å². The summed E-state index contributed by atoms with van der Waals surface area (Å²) in [7, 11) is 0. The third kappa shape index (κ3) is 2.55. The van der Waals surface area contributed by atoms with Crippen LogP contribution < -0.4 is 5.73 Å². The molecule has 0 fully saturated rings. The molecule has 1 unspecified atom stereocenters. The lowest BCUT2D eigenvalue weighted by atomic mass is 10.0. The molecule has 0 aliphatic rings. The molecule has 1 atom stereocenters. The first-order valence-electron chi connectivity index (χ1n) is 6.55. The fourth-order valence-corrected chi connectivity index (χ4v) is 3.35. The molecule has 0 spiro atoms.